The van der Waals surface area contributed by atoms with Crippen LogP contribution in [0.2, 0.25) is 0 Å². The van der Waals surface area contributed by atoms with Crippen molar-refractivity contribution in [3.8, 4) is 0 Å². The van der Waals surface area contributed by atoms with Gasteiger partial charge in [0.25, 0.3) is 0 Å². The van der Waals surface area contributed by atoms with Crippen LogP contribution in [0.4, 0.5) is 0 Å². The molecule has 17 heavy (non-hydrogen) atoms. The highest BCUT2D eigenvalue weighted by atomic mass is 15.2. The van der Waals surface area contributed by atoms with Crippen molar-refractivity contribution in [3.05, 3.63) is 12.7 Å². The summed E-state index contributed by atoms with van der Waals surface area (Å²) in [4.78, 5) is 2.48. The fraction of sp³-hybridized carbons (Fsp3) is 0.867. The Morgan fingerprint density at radius 1 is 1.18 bits per heavy atom. The third-order valence-electron chi connectivity index (χ3n) is 2.81. The predicted octanol–water partition coefficient (Wildman–Crippen LogP) is 3.30. The molecule has 0 aliphatic heterocycles. The summed E-state index contributed by atoms with van der Waals surface area (Å²) in [7, 11) is 0. The molecule has 2 nitrogen and oxygen atoms in total. The van der Waals surface area contributed by atoms with Crippen molar-refractivity contribution < 1.29 is 0 Å². The molecule has 0 saturated carbocycles. The molecule has 0 spiro atoms. The number of hydrogen-bond acceptors (Lipinski definition) is 2. The zero-order chi connectivity index (χ0) is 13.7. The maximum absolute atomic E-state index is 3.85. The highest BCUT2D eigenvalue weighted by Gasteiger charge is 2.22. The fourth-order valence-corrected chi connectivity index (χ4v) is 1.70. The van der Waals surface area contributed by atoms with Gasteiger partial charge in [0.1, 0.15) is 0 Å². The van der Waals surface area contributed by atoms with Gasteiger partial charge in [0, 0.05) is 24.2 Å². The normalized spacial score (nSPS) is 15.1. The van der Waals surface area contributed by atoms with E-state index in [9.17, 15) is 0 Å². The van der Waals surface area contributed by atoms with E-state index in [1.165, 1.54) is 0 Å². The highest BCUT2D eigenvalue weighted by Crippen LogP contribution is 2.15. The summed E-state index contributed by atoms with van der Waals surface area (Å²) < 4.78 is 0. The van der Waals surface area contributed by atoms with Gasteiger partial charge in [0.2, 0.25) is 0 Å². The van der Waals surface area contributed by atoms with Crippen LogP contribution >= 0.6 is 0 Å². The van der Waals surface area contributed by atoms with Crippen molar-refractivity contribution in [1.82, 2.24) is 10.2 Å². The average Bonchev–Trinajstić information content (AvgIpc) is 2.11. The average molecular weight is 240 g/mol. The summed E-state index contributed by atoms with van der Waals surface area (Å²) in [5.41, 5.74) is 0.420. The Hall–Kier alpha value is -0.340. The molecule has 0 heterocycles. The van der Waals surface area contributed by atoms with E-state index in [-0.39, 0.29) is 11.1 Å². The summed E-state index contributed by atoms with van der Waals surface area (Å²) in [6.45, 7) is 22.7. The molecule has 0 radical (unpaired) electrons. The maximum atomic E-state index is 3.85. The molecule has 0 bridgehead atoms. The van der Waals surface area contributed by atoms with E-state index in [1.54, 1.807) is 0 Å². The molecule has 0 aromatic heterocycles. The second-order valence-corrected chi connectivity index (χ2v) is 7.10. The lowest BCUT2D eigenvalue weighted by molar-refractivity contribution is 0.130. The molecule has 0 aromatic carbocycles. The van der Waals surface area contributed by atoms with Gasteiger partial charge < -0.3 is 5.32 Å². The van der Waals surface area contributed by atoms with E-state index in [0.29, 0.717) is 5.92 Å². The predicted molar refractivity (Wildman–Crippen MR) is 78.4 cm³/mol. The van der Waals surface area contributed by atoms with Crippen molar-refractivity contribution >= 4 is 0 Å². The van der Waals surface area contributed by atoms with Gasteiger partial charge in [-0.25, -0.2) is 0 Å². The molecular formula is C15H32N2. The smallest absolute Gasteiger partial charge is 0.0165 e. The standard InChI is InChI=1S/C15H32N2/c1-9-10-17(15(6,7)8)12-13(2)11-16-14(3,4)5/h9,13,16H,1,10-12H2,2-8H3. The van der Waals surface area contributed by atoms with E-state index < -0.39 is 0 Å². The topological polar surface area (TPSA) is 15.3 Å². The van der Waals surface area contributed by atoms with Crippen LogP contribution in [0.1, 0.15) is 48.5 Å². The van der Waals surface area contributed by atoms with Crippen molar-refractivity contribution in [1.29, 1.82) is 0 Å². The van der Waals surface area contributed by atoms with E-state index >= 15 is 0 Å². The van der Waals surface area contributed by atoms with Gasteiger partial charge in [-0.2, -0.15) is 0 Å². The van der Waals surface area contributed by atoms with E-state index in [2.05, 4.69) is 65.3 Å². The van der Waals surface area contributed by atoms with Crippen LogP contribution in [0.25, 0.3) is 0 Å². The number of rotatable bonds is 6. The Morgan fingerprint density at radius 3 is 2.06 bits per heavy atom. The molecular weight excluding hydrogens is 208 g/mol. The Kier molecular flexibility index (Phi) is 6.42. The number of nitrogens with zero attached hydrogens (tertiary/aromatic N) is 1. The Morgan fingerprint density at radius 2 is 1.71 bits per heavy atom. The van der Waals surface area contributed by atoms with Crippen molar-refractivity contribution in [2.45, 2.75) is 59.5 Å². The molecule has 1 atom stereocenters. The first-order valence-corrected chi connectivity index (χ1v) is 6.67. The molecule has 0 fully saturated rings. The Balaban J connectivity index is 4.22. The molecule has 1 N–H and O–H groups in total. The molecule has 0 saturated heterocycles. The minimum absolute atomic E-state index is 0.208. The van der Waals surface area contributed by atoms with Gasteiger partial charge in [-0.1, -0.05) is 13.0 Å². The monoisotopic (exact) mass is 240 g/mol. The molecule has 0 amide bonds. The van der Waals surface area contributed by atoms with Crippen molar-refractivity contribution in [3.63, 3.8) is 0 Å². The first-order valence-electron chi connectivity index (χ1n) is 6.67. The molecule has 0 aliphatic rings. The first-order chi connectivity index (χ1) is 7.56. The van der Waals surface area contributed by atoms with Gasteiger partial charge in [-0.05, 0) is 54.0 Å². The van der Waals surface area contributed by atoms with Crippen LogP contribution < -0.4 is 5.32 Å². The molecule has 1 unspecified atom stereocenters. The molecule has 2 heteroatoms. The third-order valence-corrected chi connectivity index (χ3v) is 2.81. The van der Waals surface area contributed by atoms with Gasteiger partial charge in [0.15, 0.2) is 0 Å². The maximum Gasteiger partial charge on any atom is 0.0165 e. The van der Waals surface area contributed by atoms with Crippen molar-refractivity contribution in [2.24, 2.45) is 5.92 Å². The summed E-state index contributed by atoms with van der Waals surface area (Å²) >= 11 is 0. The van der Waals surface area contributed by atoms with E-state index in [0.717, 1.165) is 19.6 Å². The third kappa shape index (κ3) is 8.39. The molecule has 0 aliphatic carbocycles. The largest absolute Gasteiger partial charge is 0.312 e. The van der Waals surface area contributed by atoms with Crippen molar-refractivity contribution in [2.75, 3.05) is 19.6 Å². The second kappa shape index (κ2) is 6.55. The molecule has 0 aromatic rings. The van der Waals surface area contributed by atoms with Crippen LogP contribution in [0, 0.1) is 5.92 Å². The highest BCUT2D eigenvalue weighted by molar-refractivity contribution is 4.84. The number of nitrogens with one attached hydrogen (secondary N) is 1. The Bertz CT molecular complexity index is 220. The molecule has 102 valence electrons. The Labute approximate surface area is 108 Å². The van der Waals surface area contributed by atoms with Crippen LogP contribution in [0.5, 0.6) is 0 Å². The summed E-state index contributed by atoms with van der Waals surface area (Å²) in [5.74, 6) is 0.647. The van der Waals surface area contributed by atoms with Gasteiger partial charge >= 0.3 is 0 Å². The number of hydrogen-bond donors (Lipinski definition) is 1. The first kappa shape index (κ1) is 16.7. The van der Waals surface area contributed by atoms with Gasteiger partial charge in [0.05, 0.1) is 0 Å². The quantitative estimate of drug-likeness (QED) is 0.717. The second-order valence-electron chi connectivity index (χ2n) is 7.10. The SMILES string of the molecule is C=CCN(CC(C)CNC(C)(C)C)C(C)(C)C. The summed E-state index contributed by atoms with van der Waals surface area (Å²) in [6.07, 6.45) is 2.00. The summed E-state index contributed by atoms with van der Waals surface area (Å²) in [5, 5.41) is 3.57. The lowest BCUT2D eigenvalue weighted by Gasteiger charge is -2.37. The molecule has 0 rings (SSSR count). The van der Waals surface area contributed by atoms with E-state index in [1.807, 2.05) is 6.08 Å². The van der Waals surface area contributed by atoms with Crippen LogP contribution in [-0.4, -0.2) is 35.6 Å². The summed E-state index contributed by atoms with van der Waals surface area (Å²) in [6, 6.07) is 0. The van der Waals surface area contributed by atoms with Gasteiger partial charge in [-0.15, -0.1) is 6.58 Å². The van der Waals surface area contributed by atoms with Crippen LogP contribution in [0.15, 0.2) is 12.7 Å². The fourth-order valence-electron chi connectivity index (χ4n) is 1.70. The minimum atomic E-state index is 0.208. The van der Waals surface area contributed by atoms with Crippen LogP contribution in [0.3, 0.4) is 0 Å². The van der Waals surface area contributed by atoms with E-state index in [4.69, 9.17) is 0 Å². The zero-order valence-electron chi connectivity index (χ0n) is 12.9. The van der Waals surface area contributed by atoms with Crippen LogP contribution in [-0.2, 0) is 0 Å². The van der Waals surface area contributed by atoms with Gasteiger partial charge in [-0.3, -0.25) is 4.90 Å². The lowest BCUT2D eigenvalue weighted by Crippen LogP contribution is -2.47. The lowest BCUT2D eigenvalue weighted by atomic mass is 10.0. The minimum Gasteiger partial charge on any atom is -0.312 e. The zero-order valence-corrected chi connectivity index (χ0v) is 12.9.